The van der Waals surface area contributed by atoms with Gasteiger partial charge in [-0.05, 0) is 37.6 Å². The fraction of sp³-hybridized carbons (Fsp3) is 0.438. The molecule has 23 heavy (non-hydrogen) atoms. The van der Waals surface area contributed by atoms with Gasteiger partial charge in [0.15, 0.2) is 0 Å². The van der Waals surface area contributed by atoms with Gasteiger partial charge < -0.3 is 10.6 Å². The Balaban J connectivity index is 2.29. The van der Waals surface area contributed by atoms with Crippen molar-refractivity contribution in [1.29, 1.82) is 0 Å². The second kappa shape index (κ2) is 6.76. The van der Waals surface area contributed by atoms with Gasteiger partial charge in [0, 0.05) is 19.5 Å². The Morgan fingerprint density at radius 3 is 2.57 bits per heavy atom. The van der Waals surface area contributed by atoms with Crippen molar-refractivity contribution in [3.63, 3.8) is 0 Å². The molecule has 0 fully saturated rings. The van der Waals surface area contributed by atoms with Gasteiger partial charge in [0.1, 0.15) is 17.6 Å². The number of carbonyl (C=O) groups is 2. The van der Waals surface area contributed by atoms with Crippen LogP contribution in [0.5, 0.6) is 0 Å². The summed E-state index contributed by atoms with van der Waals surface area (Å²) in [5, 5.41) is 5.65. The first kappa shape index (κ1) is 16.9. The maximum Gasteiger partial charge on any atom is 0.270 e. The van der Waals surface area contributed by atoms with Crippen molar-refractivity contribution in [2.45, 2.75) is 38.8 Å². The molecule has 1 aliphatic rings. The third kappa shape index (κ3) is 3.49. The number of halogens is 1. The number of anilines is 1. The van der Waals surface area contributed by atoms with Crippen molar-refractivity contribution in [3.05, 3.63) is 30.1 Å². The molecule has 0 saturated heterocycles. The van der Waals surface area contributed by atoms with Gasteiger partial charge in [0.2, 0.25) is 5.91 Å². The summed E-state index contributed by atoms with van der Waals surface area (Å²) in [6.07, 6.45) is 0.961. The van der Waals surface area contributed by atoms with E-state index in [1.807, 2.05) is 13.8 Å². The van der Waals surface area contributed by atoms with Crippen LogP contribution in [-0.2, 0) is 9.59 Å². The first-order valence-electron chi connectivity index (χ1n) is 7.53. The highest BCUT2D eigenvalue weighted by Crippen LogP contribution is 2.25. The molecule has 0 aromatic heterocycles. The standard InChI is InChI=1S/C16H21FN4O2/c1-4-10(2)20(3)16(23)13-9-14(15(18)22)21(19-13)12-7-5-11(17)6-8-12/h5-8,10,14H,4,9H2,1-3H3,(H2,18,22). The molecule has 1 aromatic rings. The van der Waals surface area contributed by atoms with Crippen LogP contribution in [0.4, 0.5) is 10.1 Å². The summed E-state index contributed by atoms with van der Waals surface area (Å²) in [7, 11) is 1.71. The topological polar surface area (TPSA) is 79.0 Å². The summed E-state index contributed by atoms with van der Waals surface area (Å²) < 4.78 is 13.1. The fourth-order valence-corrected chi connectivity index (χ4v) is 2.37. The number of amides is 2. The molecule has 1 aromatic carbocycles. The second-order valence-electron chi connectivity index (χ2n) is 5.66. The number of carbonyl (C=O) groups excluding carboxylic acids is 2. The Hall–Kier alpha value is -2.44. The minimum Gasteiger partial charge on any atom is -0.368 e. The molecule has 2 rings (SSSR count). The first-order valence-corrected chi connectivity index (χ1v) is 7.53. The van der Waals surface area contributed by atoms with Crippen LogP contribution < -0.4 is 10.7 Å². The number of primary amides is 1. The summed E-state index contributed by atoms with van der Waals surface area (Å²) in [5.74, 6) is -1.19. The Morgan fingerprint density at radius 1 is 1.43 bits per heavy atom. The van der Waals surface area contributed by atoms with Crippen LogP contribution in [0.1, 0.15) is 26.7 Å². The molecule has 0 radical (unpaired) electrons. The Morgan fingerprint density at radius 2 is 2.04 bits per heavy atom. The minimum atomic E-state index is -0.746. The number of nitrogens with two attached hydrogens (primary N) is 1. The van der Waals surface area contributed by atoms with Crippen LogP contribution in [0.2, 0.25) is 0 Å². The molecule has 1 aliphatic heterocycles. The van der Waals surface area contributed by atoms with E-state index < -0.39 is 11.9 Å². The molecule has 2 N–H and O–H groups in total. The van der Waals surface area contributed by atoms with E-state index in [4.69, 9.17) is 5.73 Å². The van der Waals surface area contributed by atoms with Gasteiger partial charge in [-0.15, -0.1) is 0 Å². The van der Waals surface area contributed by atoms with E-state index in [0.29, 0.717) is 5.69 Å². The Kier molecular flexibility index (Phi) is 4.98. The minimum absolute atomic E-state index is 0.0668. The molecule has 0 spiro atoms. The number of benzene rings is 1. The number of hydrogen-bond donors (Lipinski definition) is 1. The van der Waals surface area contributed by atoms with Gasteiger partial charge >= 0.3 is 0 Å². The third-order valence-electron chi connectivity index (χ3n) is 4.15. The summed E-state index contributed by atoms with van der Waals surface area (Å²) in [6.45, 7) is 3.93. The van der Waals surface area contributed by atoms with E-state index in [2.05, 4.69) is 5.10 Å². The van der Waals surface area contributed by atoms with Gasteiger partial charge in [-0.1, -0.05) is 6.92 Å². The van der Waals surface area contributed by atoms with Crippen molar-refractivity contribution in [2.24, 2.45) is 10.8 Å². The number of nitrogens with zero attached hydrogens (tertiary/aromatic N) is 3. The summed E-state index contributed by atoms with van der Waals surface area (Å²) >= 11 is 0. The molecule has 2 amide bonds. The lowest BCUT2D eigenvalue weighted by atomic mass is 10.1. The molecule has 2 atom stereocenters. The van der Waals surface area contributed by atoms with E-state index in [-0.39, 0.29) is 29.9 Å². The van der Waals surface area contributed by atoms with Crippen molar-refractivity contribution in [3.8, 4) is 0 Å². The van der Waals surface area contributed by atoms with Crippen LogP contribution in [0.3, 0.4) is 0 Å². The van der Waals surface area contributed by atoms with E-state index in [1.54, 1.807) is 11.9 Å². The fourth-order valence-electron chi connectivity index (χ4n) is 2.37. The highest BCUT2D eigenvalue weighted by atomic mass is 19.1. The second-order valence-corrected chi connectivity index (χ2v) is 5.66. The summed E-state index contributed by atoms with van der Waals surface area (Å²) in [4.78, 5) is 25.8. The molecule has 124 valence electrons. The zero-order valence-corrected chi connectivity index (χ0v) is 13.5. The lowest BCUT2D eigenvalue weighted by Crippen LogP contribution is -2.41. The number of hydrazone groups is 1. The maximum atomic E-state index is 13.1. The summed E-state index contributed by atoms with van der Waals surface area (Å²) in [6, 6.07) is 4.87. The average molecular weight is 320 g/mol. The van der Waals surface area contributed by atoms with Crippen LogP contribution in [-0.4, -0.2) is 41.6 Å². The quantitative estimate of drug-likeness (QED) is 0.893. The highest BCUT2D eigenvalue weighted by Gasteiger charge is 2.36. The molecule has 2 unspecified atom stereocenters. The van der Waals surface area contributed by atoms with E-state index in [0.717, 1.165) is 6.42 Å². The molecule has 7 heteroatoms. The van der Waals surface area contributed by atoms with E-state index >= 15 is 0 Å². The van der Waals surface area contributed by atoms with Crippen LogP contribution >= 0.6 is 0 Å². The maximum absolute atomic E-state index is 13.1. The number of rotatable bonds is 5. The Bertz CT molecular complexity index is 629. The molecular weight excluding hydrogens is 299 g/mol. The monoisotopic (exact) mass is 320 g/mol. The first-order chi connectivity index (χ1) is 10.8. The van der Waals surface area contributed by atoms with Crippen molar-refractivity contribution in [1.82, 2.24) is 4.90 Å². The lowest BCUT2D eigenvalue weighted by Gasteiger charge is -2.23. The zero-order chi connectivity index (χ0) is 17.1. The molecule has 0 bridgehead atoms. The Labute approximate surface area is 134 Å². The van der Waals surface area contributed by atoms with E-state index in [1.165, 1.54) is 29.3 Å². The molecule has 0 aliphatic carbocycles. The van der Waals surface area contributed by atoms with Crippen LogP contribution in [0, 0.1) is 5.82 Å². The molecule has 0 saturated carbocycles. The average Bonchev–Trinajstić information content (AvgIpc) is 2.98. The van der Waals surface area contributed by atoms with Gasteiger partial charge in [-0.3, -0.25) is 14.6 Å². The highest BCUT2D eigenvalue weighted by molar-refractivity contribution is 6.40. The SMILES string of the molecule is CCC(C)N(C)C(=O)C1=NN(c2ccc(F)cc2)C(C(N)=O)C1. The largest absolute Gasteiger partial charge is 0.368 e. The third-order valence-corrected chi connectivity index (χ3v) is 4.15. The van der Waals surface area contributed by atoms with Crippen molar-refractivity contribution in [2.75, 3.05) is 12.1 Å². The normalized spacial score (nSPS) is 18.5. The predicted molar refractivity (Wildman–Crippen MR) is 86.4 cm³/mol. The number of hydrogen-bond acceptors (Lipinski definition) is 4. The van der Waals surface area contributed by atoms with E-state index in [9.17, 15) is 14.0 Å². The van der Waals surface area contributed by atoms with Gasteiger partial charge in [0.25, 0.3) is 5.91 Å². The van der Waals surface area contributed by atoms with Gasteiger partial charge in [0.05, 0.1) is 5.69 Å². The molecular formula is C16H21FN4O2. The summed E-state index contributed by atoms with van der Waals surface area (Å²) in [5.41, 5.74) is 6.22. The molecule has 1 heterocycles. The lowest BCUT2D eigenvalue weighted by molar-refractivity contribution is -0.124. The molecule has 6 nitrogen and oxygen atoms in total. The van der Waals surface area contributed by atoms with Crippen LogP contribution in [0.25, 0.3) is 0 Å². The zero-order valence-electron chi connectivity index (χ0n) is 13.5. The predicted octanol–water partition coefficient (Wildman–Crippen LogP) is 1.50. The van der Waals surface area contributed by atoms with Gasteiger partial charge in [-0.2, -0.15) is 5.10 Å². The van der Waals surface area contributed by atoms with Crippen LogP contribution in [0.15, 0.2) is 29.4 Å². The van der Waals surface area contributed by atoms with Crippen molar-refractivity contribution < 1.29 is 14.0 Å². The van der Waals surface area contributed by atoms with Gasteiger partial charge in [-0.25, -0.2) is 4.39 Å². The van der Waals surface area contributed by atoms with Crippen molar-refractivity contribution >= 4 is 23.2 Å². The smallest absolute Gasteiger partial charge is 0.270 e.